The van der Waals surface area contributed by atoms with E-state index in [1.54, 1.807) is 24.3 Å². The first-order valence-electron chi connectivity index (χ1n) is 7.87. The summed E-state index contributed by atoms with van der Waals surface area (Å²) in [6, 6.07) is 13.0. The van der Waals surface area contributed by atoms with E-state index in [1.165, 1.54) is 6.92 Å². The number of benzene rings is 2. The monoisotopic (exact) mass is 464 g/mol. The van der Waals surface area contributed by atoms with Crippen molar-refractivity contribution in [2.75, 3.05) is 0 Å². The quantitative estimate of drug-likeness (QED) is 0.659. The lowest BCUT2D eigenvalue weighted by Gasteiger charge is -2.10. The molecule has 0 saturated heterocycles. The highest BCUT2D eigenvalue weighted by Gasteiger charge is 2.23. The van der Waals surface area contributed by atoms with Crippen molar-refractivity contribution < 1.29 is 14.3 Å². The van der Waals surface area contributed by atoms with Gasteiger partial charge in [-0.1, -0.05) is 39.7 Å². The Morgan fingerprint density at radius 1 is 1.30 bits per heavy atom. The van der Waals surface area contributed by atoms with Gasteiger partial charge in [0.2, 0.25) is 5.91 Å². The first kappa shape index (κ1) is 19.7. The number of halogens is 2. The topological polar surface area (TPSA) is 67.8 Å². The van der Waals surface area contributed by atoms with Crippen LogP contribution in [0.5, 0.6) is 5.75 Å². The molecule has 1 N–H and O–H groups in total. The fourth-order valence-corrected chi connectivity index (χ4v) is 3.56. The van der Waals surface area contributed by atoms with Gasteiger partial charge < -0.3 is 10.1 Å². The second-order valence-electron chi connectivity index (χ2n) is 5.61. The van der Waals surface area contributed by atoms with Crippen molar-refractivity contribution in [1.29, 1.82) is 0 Å². The molecule has 2 aromatic rings. The van der Waals surface area contributed by atoms with Gasteiger partial charge in [-0.25, -0.2) is 0 Å². The summed E-state index contributed by atoms with van der Waals surface area (Å²) >= 11 is 10.6. The maximum absolute atomic E-state index is 12.1. The predicted octanol–water partition coefficient (Wildman–Crippen LogP) is 4.79. The molecular weight excluding hydrogens is 452 g/mol. The van der Waals surface area contributed by atoms with Crippen molar-refractivity contribution >= 4 is 62.4 Å². The van der Waals surface area contributed by atoms with E-state index in [1.807, 2.05) is 24.3 Å². The standard InChI is InChI=1S/C19H14BrClN2O3S/c1-11(24)22-19-23-18(25)17(27-19)9-13-8-15(21)6-7-16(13)26-10-12-2-4-14(20)5-3-12/h2-9H,10H2,1H3,(H,22,23,24,25)/b17-9-. The van der Waals surface area contributed by atoms with E-state index in [-0.39, 0.29) is 11.1 Å². The third kappa shape index (κ3) is 5.45. The number of ether oxygens (including phenoxy) is 1. The molecule has 0 bridgehead atoms. The van der Waals surface area contributed by atoms with Crippen molar-refractivity contribution in [3.05, 3.63) is 68.0 Å². The van der Waals surface area contributed by atoms with Crippen LogP contribution in [0.2, 0.25) is 5.02 Å². The third-order valence-electron chi connectivity index (χ3n) is 3.47. The van der Waals surface area contributed by atoms with E-state index in [0.29, 0.717) is 27.8 Å². The van der Waals surface area contributed by atoms with Crippen molar-refractivity contribution in [3.8, 4) is 5.75 Å². The van der Waals surface area contributed by atoms with E-state index in [9.17, 15) is 9.59 Å². The Hall–Kier alpha value is -2.09. The molecule has 2 amide bonds. The van der Waals surface area contributed by atoms with E-state index in [0.717, 1.165) is 21.8 Å². The molecule has 0 radical (unpaired) electrons. The van der Waals surface area contributed by atoms with Crippen LogP contribution in [0, 0.1) is 0 Å². The molecule has 0 unspecified atom stereocenters. The lowest BCUT2D eigenvalue weighted by molar-refractivity contribution is -0.117. The Kier molecular flexibility index (Phi) is 6.36. The van der Waals surface area contributed by atoms with Crippen LogP contribution in [-0.2, 0) is 16.2 Å². The maximum atomic E-state index is 12.1. The zero-order valence-electron chi connectivity index (χ0n) is 14.2. The van der Waals surface area contributed by atoms with Gasteiger partial charge >= 0.3 is 0 Å². The summed E-state index contributed by atoms with van der Waals surface area (Å²) in [7, 11) is 0. The molecule has 138 valence electrons. The number of amides is 2. The normalized spacial score (nSPS) is 15.0. The van der Waals surface area contributed by atoms with Crippen molar-refractivity contribution in [2.24, 2.45) is 4.99 Å². The van der Waals surface area contributed by atoms with Crippen LogP contribution in [0.3, 0.4) is 0 Å². The number of carbonyl (C=O) groups excluding carboxylic acids is 2. The SMILES string of the molecule is CC(=O)NC1=NC(=O)/C(=C/c2cc(Cl)ccc2OCc2ccc(Br)cc2)S1. The second-order valence-corrected chi connectivity index (χ2v) is 7.99. The van der Waals surface area contributed by atoms with Gasteiger partial charge in [-0.15, -0.1) is 0 Å². The van der Waals surface area contributed by atoms with Crippen LogP contribution in [0.15, 0.2) is 56.8 Å². The molecule has 8 heteroatoms. The lowest BCUT2D eigenvalue weighted by Crippen LogP contribution is -2.23. The fourth-order valence-electron chi connectivity index (χ4n) is 2.26. The summed E-state index contributed by atoms with van der Waals surface area (Å²) < 4.78 is 6.90. The van der Waals surface area contributed by atoms with Gasteiger partial charge in [-0.05, 0) is 53.7 Å². The van der Waals surface area contributed by atoms with Crippen LogP contribution in [0.1, 0.15) is 18.1 Å². The van der Waals surface area contributed by atoms with E-state index < -0.39 is 5.91 Å². The van der Waals surface area contributed by atoms with Gasteiger partial charge in [0.05, 0.1) is 4.91 Å². The molecule has 2 aromatic carbocycles. The van der Waals surface area contributed by atoms with Crippen molar-refractivity contribution in [1.82, 2.24) is 5.32 Å². The van der Waals surface area contributed by atoms with E-state index >= 15 is 0 Å². The molecular formula is C19H14BrClN2O3S. The highest BCUT2D eigenvalue weighted by atomic mass is 79.9. The summed E-state index contributed by atoms with van der Waals surface area (Å²) in [5.41, 5.74) is 1.67. The van der Waals surface area contributed by atoms with E-state index in [4.69, 9.17) is 16.3 Å². The van der Waals surface area contributed by atoms with Crippen LogP contribution < -0.4 is 10.1 Å². The van der Waals surface area contributed by atoms with Crippen molar-refractivity contribution in [3.63, 3.8) is 0 Å². The molecule has 27 heavy (non-hydrogen) atoms. The number of hydrogen-bond acceptors (Lipinski definition) is 4. The van der Waals surface area contributed by atoms with Crippen LogP contribution in [0.4, 0.5) is 0 Å². The first-order chi connectivity index (χ1) is 12.9. The average Bonchev–Trinajstić information content (AvgIpc) is 2.94. The van der Waals surface area contributed by atoms with Gasteiger partial charge in [-0.2, -0.15) is 4.99 Å². The maximum Gasteiger partial charge on any atom is 0.286 e. The Morgan fingerprint density at radius 2 is 2.04 bits per heavy atom. The Bertz CT molecular complexity index is 958. The minimum Gasteiger partial charge on any atom is -0.488 e. The Balaban J connectivity index is 1.79. The molecule has 1 aliphatic rings. The van der Waals surface area contributed by atoms with Crippen LogP contribution in [0.25, 0.3) is 6.08 Å². The van der Waals surface area contributed by atoms with Gasteiger partial charge in [0, 0.05) is 22.0 Å². The largest absolute Gasteiger partial charge is 0.488 e. The average molecular weight is 466 g/mol. The molecule has 0 aliphatic carbocycles. The van der Waals surface area contributed by atoms with Gasteiger partial charge in [0.1, 0.15) is 12.4 Å². The molecule has 5 nitrogen and oxygen atoms in total. The van der Waals surface area contributed by atoms with E-state index in [2.05, 4.69) is 26.2 Å². The highest BCUT2D eigenvalue weighted by molar-refractivity contribution is 9.10. The first-order valence-corrected chi connectivity index (χ1v) is 9.86. The van der Waals surface area contributed by atoms with Crippen molar-refractivity contribution in [2.45, 2.75) is 13.5 Å². The lowest BCUT2D eigenvalue weighted by atomic mass is 10.1. The summed E-state index contributed by atoms with van der Waals surface area (Å²) in [4.78, 5) is 27.4. The molecule has 1 aliphatic heterocycles. The zero-order chi connectivity index (χ0) is 19.4. The van der Waals surface area contributed by atoms with Crippen LogP contribution in [-0.4, -0.2) is 17.0 Å². The second kappa shape index (κ2) is 8.73. The van der Waals surface area contributed by atoms with Crippen LogP contribution >= 0.6 is 39.3 Å². The number of thioether (sulfide) groups is 1. The minimum atomic E-state index is -0.414. The summed E-state index contributed by atoms with van der Waals surface area (Å²) in [6.45, 7) is 1.74. The molecule has 0 saturated carbocycles. The third-order valence-corrected chi connectivity index (χ3v) is 5.13. The number of carbonyl (C=O) groups is 2. The summed E-state index contributed by atoms with van der Waals surface area (Å²) in [5.74, 6) is -0.102. The number of aliphatic imine (C=N–C) groups is 1. The number of amidine groups is 1. The molecule has 0 aromatic heterocycles. The van der Waals surface area contributed by atoms with Gasteiger partial charge in [-0.3, -0.25) is 9.59 Å². The predicted molar refractivity (Wildman–Crippen MR) is 112 cm³/mol. The number of hydrogen-bond donors (Lipinski definition) is 1. The number of rotatable bonds is 4. The minimum absolute atomic E-state index is 0.262. The summed E-state index contributed by atoms with van der Waals surface area (Å²) in [6.07, 6.45) is 1.66. The smallest absolute Gasteiger partial charge is 0.286 e. The molecule has 0 fully saturated rings. The van der Waals surface area contributed by atoms with Gasteiger partial charge in [0.25, 0.3) is 5.91 Å². The fraction of sp³-hybridized carbons (Fsp3) is 0.105. The highest BCUT2D eigenvalue weighted by Crippen LogP contribution is 2.32. The summed E-state index contributed by atoms with van der Waals surface area (Å²) in [5, 5.41) is 3.30. The number of nitrogens with zero attached hydrogens (tertiary/aromatic N) is 1. The molecule has 1 heterocycles. The Morgan fingerprint density at radius 3 is 2.74 bits per heavy atom. The number of nitrogens with one attached hydrogen (secondary N) is 1. The Labute approximate surface area is 174 Å². The van der Waals surface area contributed by atoms with Gasteiger partial charge in [0.15, 0.2) is 5.17 Å². The molecule has 3 rings (SSSR count). The molecule has 0 atom stereocenters. The molecule has 0 spiro atoms. The zero-order valence-corrected chi connectivity index (χ0v) is 17.3.